The highest BCUT2D eigenvalue weighted by Crippen LogP contribution is 2.28. The average Bonchev–Trinajstić information content (AvgIpc) is 2.46. The molecule has 2 aromatic carbocycles. The zero-order chi connectivity index (χ0) is 13.7. The van der Waals surface area contributed by atoms with E-state index in [0.29, 0.717) is 16.3 Å². The summed E-state index contributed by atoms with van der Waals surface area (Å²) in [7, 11) is 1.32. The molecule has 0 heterocycles. The molecule has 0 spiro atoms. The van der Waals surface area contributed by atoms with E-state index >= 15 is 0 Å². The third-order valence-electron chi connectivity index (χ3n) is 2.60. The molecular formula is C15H13ClO3. The van der Waals surface area contributed by atoms with Crippen LogP contribution in [0.4, 0.5) is 0 Å². The molecule has 0 N–H and O–H groups in total. The summed E-state index contributed by atoms with van der Waals surface area (Å²) in [5, 5.41) is 0.467. The quantitative estimate of drug-likeness (QED) is 0.800. The summed E-state index contributed by atoms with van der Waals surface area (Å²) in [6.45, 7) is 0. The van der Waals surface area contributed by atoms with Crippen molar-refractivity contribution in [3.05, 3.63) is 65.2 Å². The molecule has 2 aromatic rings. The Kier molecular flexibility index (Phi) is 4.42. The van der Waals surface area contributed by atoms with Crippen molar-refractivity contribution in [3.8, 4) is 5.75 Å². The maximum atomic E-state index is 11.9. The number of halogens is 1. The second-order valence-corrected chi connectivity index (χ2v) is 4.26. The van der Waals surface area contributed by atoms with E-state index in [0.717, 1.165) is 0 Å². The number of methoxy groups -OCH3 is 1. The van der Waals surface area contributed by atoms with E-state index < -0.39 is 12.1 Å². The summed E-state index contributed by atoms with van der Waals surface area (Å²) in [4.78, 5) is 11.9. The minimum atomic E-state index is -0.874. The Morgan fingerprint density at radius 1 is 1.05 bits per heavy atom. The number of carbonyl (C=O) groups is 1. The van der Waals surface area contributed by atoms with Crippen LogP contribution in [0.2, 0.25) is 5.02 Å². The van der Waals surface area contributed by atoms with E-state index in [1.807, 2.05) is 18.2 Å². The molecule has 0 bridgehead atoms. The van der Waals surface area contributed by atoms with Crippen LogP contribution in [0.1, 0.15) is 11.7 Å². The summed E-state index contributed by atoms with van der Waals surface area (Å²) < 4.78 is 10.4. The van der Waals surface area contributed by atoms with Crippen molar-refractivity contribution in [2.45, 2.75) is 6.10 Å². The Morgan fingerprint density at radius 2 is 1.68 bits per heavy atom. The van der Waals surface area contributed by atoms with Crippen LogP contribution in [-0.4, -0.2) is 13.1 Å². The standard InChI is InChI=1S/C15H13ClO3/c1-18-15(17)14(12-9-5-6-10-13(12)16)19-11-7-3-2-4-8-11/h2-10,14H,1H3. The normalized spacial score (nSPS) is 11.7. The first kappa shape index (κ1) is 13.4. The van der Waals surface area contributed by atoms with Gasteiger partial charge < -0.3 is 9.47 Å². The number of esters is 1. The van der Waals surface area contributed by atoms with Crippen molar-refractivity contribution >= 4 is 17.6 Å². The van der Waals surface area contributed by atoms with Crippen LogP contribution in [0, 0.1) is 0 Å². The van der Waals surface area contributed by atoms with E-state index in [4.69, 9.17) is 21.1 Å². The highest BCUT2D eigenvalue weighted by atomic mass is 35.5. The van der Waals surface area contributed by atoms with Crippen molar-refractivity contribution in [2.75, 3.05) is 7.11 Å². The summed E-state index contributed by atoms with van der Waals surface area (Å²) >= 11 is 6.10. The average molecular weight is 277 g/mol. The zero-order valence-corrected chi connectivity index (χ0v) is 11.1. The molecule has 0 aliphatic rings. The Balaban J connectivity index is 2.32. The van der Waals surface area contributed by atoms with Crippen LogP contribution in [0.5, 0.6) is 5.75 Å². The predicted molar refractivity (Wildman–Crippen MR) is 73.3 cm³/mol. The second-order valence-electron chi connectivity index (χ2n) is 3.86. The molecule has 4 heteroatoms. The maximum Gasteiger partial charge on any atom is 0.351 e. The van der Waals surface area contributed by atoms with Crippen molar-refractivity contribution in [2.24, 2.45) is 0 Å². The van der Waals surface area contributed by atoms with E-state index in [1.165, 1.54) is 7.11 Å². The minimum absolute atomic E-state index is 0.467. The third kappa shape index (κ3) is 3.26. The van der Waals surface area contributed by atoms with Gasteiger partial charge >= 0.3 is 5.97 Å². The molecule has 0 saturated carbocycles. The van der Waals surface area contributed by atoms with Gasteiger partial charge in [-0.25, -0.2) is 4.79 Å². The van der Waals surface area contributed by atoms with Crippen molar-refractivity contribution in [1.82, 2.24) is 0 Å². The Labute approximate surface area is 116 Å². The molecule has 2 rings (SSSR count). The number of rotatable bonds is 4. The van der Waals surface area contributed by atoms with Crippen LogP contribution in [0.25, 0.3) is 0 Å². The number of hydrogen-bond acceptors (Lipinski definition) is 3. The van der Waals surface area contributed by atoms with Crippen molar-refractivity contribution in [1.29, 1.82) is 0 Å². The Hall–Kier alpha value is -2.00. The molecule has 19 heavy (non-hydrogen) atoms. The zero-order valence-electron chi connectivity index (χ0n) is 10.4. The lowest BCUT2D eigenvalue weighted by molar-refractivity contribution is -0.149. The number of ether oxygens (including phenoxy) is 2. The topological polar surface area (TPSA) is 35.5 Å². The molecule has 0 aromatic heterocycles. The van der Waals surface area contributed by atoms with Gasteiger partial charge in [0.25, 0.3) is 0 Å². The molecule has 3 nitrogen and oxygen atoms in total. The van der Waals surface area contributed by atoms with Gasteiger partial charge in [-0.2, -0.15) is 0 Å². The van der Waals surface area contributed by atoms with Gasteiger partial charge in [0.05, 0.1) is 7.11 Å². The molecule has 0 aliphatic carbocycles. The fourth-order valence-electron chi connectivity index (χ4n) is 1.67. The summed E-state index contributed by atoms with van der Waals surface area (Å²) in [6.07, 6.45) is -0.874. The molecule has 0 fully saturated rings. The minimum Gasteiger partial charge on any atom is -0.474 e. The van der Waals surface area contributed by atoms with Crippen LogP contribution in [0.3, 0.4) is 0 Å². The van der Waals surface area contributed by atoms with Gasteiger partial charge in [-0.05, 0) is 18.2 Å². The van der Waals surface area contributed by atoms with Gasteiger partial charge in [-0.3, -0.25) is 0 Å². The summed E-state index contributed by atoms with van der Waals surface area (Å²) in [5.74, 6) is 0.0924. The molecule has 0 radical (unpaired) electrons. The lowest BCUT2D eigenvalue weighted by Gasteiger charge is -2.18. The fourth-order valence-corrected chi connectivity index (χ4v) is 1.90. The number of benzene rings is 2. The lowest BCUT2D eigenvalue weighted by atomic mass is 10.1. The highest BCUT2D eigenvalue weighted by Gasteiger charge is 2.25. The fraction of sp³-hybridized carbons (Fsp3) is 0.133. The first-order valence-electron chi connectivity index (χ1n) is 5.76. The monoisotopic (exact) mass is 276 g/mol. The molecular weight excluding hydrogens is 264 g/mol. The molecule has 1 unspecified atom stereocenters. The lowest BCUT2D eigenvalue weighted by Crippen LogP contribution is -2.20. The van der Waals surface area contributed by atoms with Crippen LogP contribution < -0.4 is 4.74 Å². The summed E-state index contributed by atoms with van der Waals surface area (Å²) in [5.41, 5.74) is 0.583. The predicted octanol–water partition coefficient (Wildman–Crippen LogP) is 3.63. The number of carbonyl (C=O) groups excluding carboxylic acids is 1. The molecule has 0 aliphatic heterocycles. The summed E-state index contributed by atoms with van der Waals surface area (Å²) in [6, 6.07) is 16.1. The largest absolute Gasteiger partial charge is 0.474 e. The first-order chi connectivity index (χ1) is 9.22. The van der Waals surface area contributed by atoms with Gasteiger partial charge in [-0.1, -0.05) is 48.0 Å². The first-order valence-corrected chi connectivity index (χ1v) is 6.14. The van der Waals surface area contributed by atoms with Crippen LogP contribution in [-0.2, 0) is 9.53 Å². The molecule has 0 saturated heterocycles. The van der Waals surface area contributed by atoms with E-state index in [2.05, 4.69) is 0 Å². The molecule has 1 atom stereocenters. The van der Waals surface area contributed by atoms with Crippen LogP contribution >= 0.6 is 11.6 Å². The number of para-hydroxylation sites is 1. The third-order valence-corrected chi connectivity index (χ3v) is 2.94. The highest BCUT2D eigenvalue weighted by molar-refractivity contribution is 6.31. The van der Waals surface area contributed by atoms with Gasteiger partial charge in [-0.15, -0.1) is 0 Å². The van der Waals surface area contributed by atoms with E-state index in [9.17, 15) is 4.79 Å². The van der Waals surface area contributed by atoms with Gasteiger partial charge in [0.15, 0.2) is 0 Å². The number of hydrogen-bond donors (Lipinski definition) is 0. The van der Waals surface area contributed by atoms with Crippen molar-refractivity contribution < 1.29 is 14.3 Å². The van der Waals surface area contributed by atoms with Gasteiger partial charge in [0, 0.05) is 10.6 Å². The molecule has 98 valence electrons. The Bertz CT molecular complexity index is 554. The van der Waals surface area contributed by atoms with Gasteiger partial charge in [0.1, 0.15) is 5.75 Å². The van der Waals surface area contributed by atoms with E-state index in [-0.39, 0.29) is 0 Å². The van der Waals surface area contributed by atoms with Crippen LogP contribution in [0.15, 0.2) is 54.6 Å². The van der Waals surface area contributed by atoms with Crippen molar-refractivity contribution in [3.63, 3.8) is 0 Å². The SMILES string of the molecule is COC(=O)C(Oc1ccccc1)c1ccccc1Cl. The second kappa shape index (κ2) is 6.25. The molecule has 0 amide bonds. The van der Waals surface area contributed by atoms with Gasteiger partial charge in [0.2, 0.25) is 6.10 Å². The van der Waals surface area contributed by atoms with E-state index in [1.54, 1.807) is 36.4 Å². The smallest absolute Gasteiger partial charge is 0.351 e. The maximum absolute atomic E-state index is 11.9. The Morgan fingerprint density at radius 3 is 2.32 bits per heavy atom.